The molecule has 1 aromatic carbocycles. The lowest BCUT2D eigenvalue weighted by atomic mass is 10.3. The van der Waals surface area contributed by atoms with Crippen molar-refractivity contribution in [3.63, 3.8) is 0 Å². The van der Waals surface area contributed by atoms with Crippen molar-refractivity contribution in [2.45, 2.75) is 0 Å². The van der Waals surface area contributed by atoms with Gasteiger partial charge in [0.25, 0.3) is 5.91 Å². The normalized spacial score (nSPS) is 9.79. The van der Waals surface area contributed by atoms with E-state index < -0.39 is 10.8 Å². The summed E-state index contributed by atoms with van der Waals surface area (Å²) in [6, 6.07) is 3.99. The molecule has 0 heterocycles. The Kier molecular flexibility index (Phi) is 5.55. The van der Waals surface area contributed by atoms with E-state index in [-0.39, 0.29) is 31.2 Å². The predicted molar refractivity (Wildman–Crippen MR) is 65.2 cm³/mol. The summed E-state index contributed by atoms with van der Waals surface area (Å²) in [5.41, 5.74) is -0.254. The summed E-state index contributed by atoms with van der Waals surface area (Å²) >= 11 is 0. The molecule has 0 spiro atoms. The average Bonchev–Trinajstić information content (AvgIpc) is 2.42. The Morgan fingerprint density at radius 2 is 2.26 bits per heavy atom. The highest BCUT2D eigenvalue weighted by Gasteiger charge is 2.17. The highest BCUT2D eigenvalue weighted by atomic mass is 16.6. The molecule has 19 heavy (non-hydrogen) atoms. The molecule has 1 amide bonds. The van der Waals surface area contributed by atoms with E-state index in [1.165, 1.54) is 25.3 Å². The van der Waals surface area contributed by atoms with Crippen LogP contribution in [-0.2, 0) is 4.79 Å². The summed E-state index contributed by atoms with van der Waals surface area (Å²) in [5, 5.41) is 21.7. The summed E-state index contributed by atoms with van der Waals surface area (Å²) in [6.45, 7) is -0.471. The fourth-order valence-electron chi connectivity index (χ4n) is 1.28. The molecule has 8 nitrogen and oxygen atoms in total. The van der Waals surface area contributed by atoms with Gasteiger partial charge in [-0.05, 0) is 6.07 Å². The number of carbonyl (C=O) groups excluding carboxylic acids is 1. The lowest BCUT2D eigenvalue weighted by Crippen LogP contribution is -2.31. The minimum atomic E-state index is -0.611. The second-order valence-electron chi connectivity index (χ2n) is 3.45. The second kappa shape index (κ2) is 7.17. The van der Waals surface area contributed by atoms with E-state index in [2.05, 4.69) is 5.32 Å². The Bertz CT molecular complexity index is 462. The molecule has 8 heteroatoms. The molecule has 0 aliphatic rings. The number of nitrogens with zero attached hydrogens (tertiary/aromatic N) is 1. The third-order valence-corrected chi connectivity index (χ3v) is 2.16. The minimum Gasteiger partial charge on any atom is -0.497 e. The molecule has 2 N–H and O–H groups in total. The van der Waals surface area contributed by atoms with Gasteiger partial charge in [-0.1, -0.05) is 0 Å². The largest absolute Gasteiger partial charge is 0.497 e. The van der Waals surface area contributed by atoms with Gasteiger partial charge in [0.1, 0.15) is 5.75 Å². The van der Waals surface area contributed by atoms with E-state index in [1.807, 2.05) is 0 Å². The van der Waals surface area contributed by atoms with Crippen molar-refractivity contribution in [1.82, 2.24) is 5.32 Å². The lowest BCUT2D eigenvalue weighted by Gasteiger charge is -2.08. The Morgan fingerprint density at radius 3 is 2.84 bits per heavy atom. The van der Waals surface area contributed by atoms with Crippen molar-refractivity contribution in [2.24, 2.45) is 0 Å². The molecular weight excluding hydrogens is 256 g/mol. The first-order valence-electron chi connectivity index (χ1n) is 5.41. The lowest BCUT2D eigenvalue weighted by molar-refractivity contribution is -0.385. The maximum Gasteiger partial charge on any atom is 0.311 e. The number of aliphatic hydroxyl groups is 1. The Morgan fingerprint density at radius 1 is 1.53 bits per heavy atom. The number of rotatable bonds is 7. The molecule has 0 bridgehead atoms. The number of hydrogen-bond acceptors (Lipinski definition) is 6. The van der Waals surface area contributed by atoms with Crippen LogP contribution in [0.5, 0.6) is 11.5 Å². The average molecular weight is 270 g/mol. The standard InChI is InChI=1S/C11H14N2O6/c1-18-8-2-3-9(13(16)17)10(6-8)19-7-11(15)12-4-5-14/h2-3,6,14H,4-5,7H2,1H3,(H,12,15). The van der Waals surface area contributed by atoms with Gasteiger partial charge in [-0.25, -0.2) is 0 Å². The summed E-state index contributed by atoms with van der Waals surface area (Å²) in [5.74, 6) is -0.147. The summed E-state index contributed by atoms with van der Waals surface area (Å²) in [4.78, 5) is 21.4. The second-order valence-corrected chi connectivity index (χ2v) is 3.45. The van der Waals surface area contributed by atoms with Crippen LogP contribution in [0.4, 0.5) is 5.69 Å². The van der Waals surface area contributed by atoms with Gasteiger partial charge >= 0.3 is 5.69 Å². The van der Waals surface area contributed by atoms with Crippen LogP contribution in [0, 0.1) is 10.1 Å². The number of benzene rings is 1. The van der Waals surface area contributed by atoms with Crippen LogP contribution in [0.15, 0.2) is 18.2 Å². The van der Waals surface area contributed by atoms with E-state index in [9.17, 15) is 14.9 Å². The number of nitrogens with one attached hydrogen (secondary N) is 1. The van der Waals surface area contributed by atoms with Crippen LogP contribution in [-0.4, -0.2) is 42.8 Å². The van der Waals surface area contributed by atoms with Gasteiger partial charge in [0.15, 0.2) is 6.61 Å². The quantitative estimate of drug-likeness (QED) is 0.536. The maximum atomic E-state index is 11.3. The molecule has 0 saturated carbocycles. The van der Waals surface area contributed by atoms with Crippen molar-refractivity contribution in [2.75, 3.05) is 26.9 Å². The van der Waals surface area contributed by atoms with Crippen molar-refractivity contribution in [3.8, 4) is 11.5 Å². The monoisotopic (exact) mass is 270 g/mol. The first-order valence-corrected chi connectivity index (χ1v) is 5.41. The number of aliphatic hydroxyl groups excluding tert-OH is 1. The SMILES string of the molecule is COc1ccc([N+](=O)[O-])c(OCC(=O)NCCO)c1. The van der Waals surface area contributed by atoms with E-state index >= 15 is 0 Å². The molecule has 1 rings (SSSR count). The van der Waals surface area contributed by atoms with Gasteiger partial charge in [-0.3, -0.25) is 14.9 Å². The number of carbonyl (C=O) groups is 1. The minimum absolute atomic E-state index is 0.0523. The molecule has 0 radical (unpaired) electrons. The van der Waals surface area contributed by atoms with Crippen molar-refractivity contribution in [1.29, 1.82) is 0 Å². The molecule has 104 valence electrons. The smallest absolute Gasteiger partial charge is 0.311 e. The highest BCUT2D eigenvalue weighted by molar-refractivity contribution is 5.77. The Balaban J connectivity index is 2.74. The van der Waals surface area contributed by atoms with Gasteiger partial charge in [-0.15, -0.1) is 0 Å². The van der Waals surface area contributed by atoms with Gasteiger partial charge in [-0.2, -0.15) is 0 Å². The fourth-order valence-corrected chi connectivity index (χ4v) is 1.28. The molecule has 1 aromatic rings. The maximum absolute atomic E-state index is 11.3. The molecule has 0 aromatic heterocycles. The molecule has 0 aliphatic carbocycles. The molecule has 0 aliphatic heterocycles. The van der Waals surface area contributed by atoms with Gasteiger partial charge in [0.05, 0.1) is 18.6 Å². The van der Waals surface area contributed by atoms with Crippen molar-refractivity contribution in [3.05, 3.63) is 28.3 Å². The predicted octanol–water partition coefficient (Wildman–Crippen LogP) is 0.0907. The van der Waals surface area contributed by atoms with Crippen LogP contribution in [0.3, 0.4) is 0 Å². The van der Waals surface area contributed by atoms with Crippen molar-refractivity contribution < 1.29 is 24.3 Å². The van der Waals surface area contributed by atoms with E-state index in [0.29, 0.717) is 5.75 Å². The number of amides is 1. The number of nitro benzene ring substituents is 1. The first-order chi connectivity index (χ1) is 9.08. The van der Waals surface area contributed by atoms with Gasteiger partial charge in [0.2, 0.25) is 5.75 Å². The van der Waals surface area contributed by atoms with Crippen molar-refractivity contribution >= 4 is 11.6 Å². The molecular formula is C11H14N2O6. The molecule has 0 saturated heterocycles. The Labute approximate surface area is 109 Å². The number of nitro groups is 1. The third kappa shape index (κ3) is 4.43. The summed E-state index contributed by atoms with van der Waals surface area (Å²) in [7, 11) is 1.42. The number of hydrogen-bond donors (Lipinski definition) is 2. The zero-order valence-electron chi connectivity index (χ0n) is 10.3. The summed E-state index contributed by atoms with van der Waals surface area (Å²) in [6.07, 6.45) is 0. The van der Waals surface area contributed by atoms with E-state index in [0.717, 1.165) is 0 Å². The first kappa shape index (κ1) is 14.7. The molecule has 0 atom stereocenters. The van der Waals surface area contributed by atoms with Crippen LogP contribution in [0.25, 0.3) is 0 Å². The Hall–Kier alpha value is -2.35. The zero-order chi connectivity index (χ0) is 14.3. The number of ether oxygens (including phenoxy) is 2. The zero-order valence-corrected chi connectivity index (χ0v) is 10.3. The third-order valence-electron chi connectivity index (χ3n) is 2.16. The highest BCUT2D eigenvalue weighted by Crippen LogP contribution is 2.30. The van der Waals surface area contributed by atoms with Gasteiger partial charge in [0, 0.05) is 18.7 Å². The van der Waals surface area contributed by atoms with Crippen LogP contribution in [0.1, 0.15) is 0 Å². The number of methoxy groups -OCH3 is 1. The van der Waals surface area contributed by atoms with Crippen LogP contribution >= 0.6 is 0 Å². The summed E-state index contributed by atoms with van der Waals surface area (Å²) < 4.78 is 10.0. The topological polar surface area (TPSA) is 111 Å². The van der Waals surface area contributed by atoms with Crippen LogP contribution in [0.2, 0.25) is 0 Å². The molecule has 0 fully saturated rings. The van der Waals surface area contributed by atoms with E-state index in [1.54, 1.807) is 0 Å². The molecule has 0 unspecified atom stereocenters. The van der Waals surface area contributed by atoms with Gasteiger partial charge < -0.3 is 19.9 Å². The fraction of sp³-hybridized carbons (Fsp3) is 0.364. The van der Waals surface area contributed by atoms with Crippen LogP contribution < -0.4 is 14.8 Å². The van der Waals surface area contributed by atoms with E-state index in [4.69, 9.17) is 14.6 Å².